The average molecular weight is 321 g/mol. The van der Waals surface area contributed by atoms with Crippen LogP contribution in [0.1, 0.15) is 73.1 Å². The molecule has 2 nitrogen and oxygen atoms in total. The summed E-state index contributed by atoms with van der Waals surface area (Å²) in [5.74, 6) is 3.77. The molecule has 0 radical (unpaired) electrons. The Morgan fingerprint density at radius 2 is 1.35 bits per heavy atom. The molecule has 0 unspecified atom stereocenters. The van der Waals surface area contributed by atoms with E-state index in [-0.39, 0.29) is 0 Å². The number of rotatable bonds is 4. The molecule has 3 aliphatic rings. The summed E-state index contributed by atoms with van der Waals surface area (Å²) in [5, 5.41) is 0. The number of hydrogen-bond donors (Lipinski definition) is 0. The Morgan fingerprint density at radius 3 is 1.87 bits per heavy atom. The van der Waals surface area contributed by atoms with E-state index in [1.807, 2.05) is 0 Å². The van der Waals surface area contributed by atoms with E-state index in [4.69, 9.17) is 0 Å². The van der Waals surface area contributed by atoms with Crippen LogP contribution < -0.4 is 0 Å². The van der Waals surface area contributed by atoms with Gasteiger partial charge in [0.2, 0.25) is 0 Å². The zero-order chi connectivity index (χ0) is 16.6. The van der Waals surface area contributed by atoms with Crippen molar-refractivity contribution < 1.29 is 0 Å². The molecule has 23 heavy (non-hydrogen) atoms. The van der Waals surface area contributed by atoms with Gasteiger partial charge in [-0.3, -0.25) is 9.80 Å². The molecule has 0 aromatic carbocycles. The first-order chi connectivity index (χ1) is 11.0. The van der Waals surface area contributed by atoms with Gasteiger partial charge in [-0.25, -0.2) is 0 Å². The van der Waals surface area contributed by atoms with Crippen LogP contribution in [0.15, 0.2) is 0 Å². The quantitative estimate of drug-likeness (QED) is 0.744. The third kappa shape index (κ3) is 3.95. The highest BCUT2D eigenvalue weighted by Crippen LogP contribution is 2.38. The van der Waals surface area contributed by atoms with E-state index in [2.05, 4.69) is 44.4 Å². The lowest BCUT2D eigenvalue weighted by atomic mass is 9.72. The van der Waals surface area contributed by atoms with Crippen LogP contribution in [-0.4, -0.2) is 47.6 Å². The lowest BCUT2D eigenvalue weighted by Gasteiger charge is -2.52. The van der Waals surface area contributed by atoms with Crippen molar-refractivity contribution >= 4 is 0 Å². The van der Waals surface area contributed by atoms with E-state index < -0.39 is 0 Å². The predicted molar refractivity (Wildman–Crippen MR) is 99.7 cm³/mol. The molecular weight excluding hydrogens is 280 g/mol. The van der Waals surface area contributed by atoms with E-state index in [9.17, 15) is 0 Å². The standard InChI is InChI=1S/C21H40N2/c1-15(2)18-6-8-20(9-7-18)23-11-10-22(14-17(23)5)21-12-19(13-21)16(3)4/h15-21H,6-14H2,1-5H3/t17-,18?,19?,20?,21?/m1/s1. The van der Waals surface area contributed by atoms with E-state index in [1.54, 1.807) is 0 Å². The van der Waals surface area contributed by atoms with Gasteiger partial charge in [0.05, 0.1) is 0 Å². The van der Waals surface area contributed by atoms with Gasteiger partial charge in [0, 0.05) is 37.8 Å². The Balaban J connectivity index is 1.45. The van der Waals surface area contributed by atoms with Crippen LogP contribution in [0.5, 0.6) is 0 Å². The monoisotopic (exact) mass is 320 g/mol. The van der Waals surface area contributed by atoms with Crippen LogP contribution in [0, 0.1) is 23.7 Å². The van der Waals surface area contributed by atoms with Gasteiger partial charge in [-0.2, -0.15) is 0 Å². The highest BCUT2D eigenvalue weighted by Gasteiger charge is 2.39. The lowest BCUT2D eigenvalue weighted by molar-refractivity contribution is -0.0250. The zero-order valence-electron chi connectivity index (χ0n) is 16.3. The van der Waals surface area contributed by atoms with Gasteiger partial charge in [-0.05, 0) is 69.1 Å². The molecule has 134 valence electrons. The molecule has 2 saturated carbocycles. The van der Waals surface area contributed by atoms with E-state index >= 15 is 0 Å². The molecule has 0 spiro atoms. The second-order valence-corrected chi connectivity index (χ2v) is 9.52. The van der Waals surface area contributed by atoms with Gasteiger partial charge in [-0.1, -0.05) is 27.7 Å². The molecule has 2 aliphatic carbocycles. The van der Waals surface area contributed by atoms with Crippen molar-refractivity contribution in [3.8, 4) is 0 Å². The molecule has 0 aromatic rings. The molecule has 3 rings (SSSR count). The Kier molecular flexibility index (Phi) is 5.73. The van der Waals surface area contributed by atoms with Crippen LogP contribution in [0.4, 0.5) is 0 Å². The van der Waals surface area contributed by atoms with Crippen LogP contribution >= 0.6 is 0 Å². The van der Waals surface area contributed by atoms with Crippen molar-refractivity contribution in [2.75, 3.05) is 19.6 Å². The Morgan fingerprint density at radius 1 is 0.739 bits per heavy atom. The summed E-state index contributed by atoms with van der Waals surface area (Å²) in [6.45, 7) is 16.1. The van der Waals surface area contributed by atoms with Crippen molar-refractivity contribution in [3.63, 3.8) is 0 Å². The minimum absolute atomic E-state index is 0.766. The predicted octanol–water partition coefficient (Wildman–Crippen LogP) is 4.64. The molecule has 0 aromatic heterocycles. The third-order valence-corrected chi connectivity index (χ3v) is 7.47. The molecule has 2 heteroatoms. The Hall–Kier alpha value is -0.0800. The number of nitrogens with zero attached hydrogens (tertiary/aromatic N) is 2. The second-order valence-electron chi connectivity index (χ2n) is 9.52. The van der Waals surface area contributed by atoms with Crippen molar-refractivity contribution in [2.24, 2.45) is 23.7 Å². The summed E-state index contributed by atoms with van der Waals surface area (Å²) in [6.07, 6.45) is 8.76. The summed E-state index contributed by atoms with van der Waals surface area (Å²) in [4.78, 5) is 5.69. The normalized spacial score (nSPS) is 40.6. The fourth-order valence-corrected chi connectivity index (χ4v) is 5.45. The molecular formula is C21H40N2. The van der Waals surface area contributed by atoms with E-state index in [0.717, 1.165) is 41.8 Å². The summed E-state index contributed by atoms with van der Waals surface area (Å²) in [7, 11) is 0. The first-order valence-electron chi connectivity index (χ1n) is 10.5. The zero-order valence-corrected chi connectivity index (χ0v) is 16.3. The topological polar surface area (TPSA) is 6.48 Å². The van der Waals surface area contributed by atoms with Gasteiger partial charge in [0.15, 0.2) is 0 Å². The van der Waals surface area contributed by atoms with Gasteiger partial charge in [-0.15, -0.1) is 0 Å². The maximum Gasteiger partial charge on any atom is 0.0198 e. The van der Waals surface area contributed by atoms with Gasteiger partial charge in [0.1, 0.15) is 0 Å². The number of piperazine rings is 1. The fraction of sp³-hybridized carbons (Fsp3) is 1.00. The SMILES string of the molecule is CC(C)C1CCC(N2CCN(C3CC(C(C)C)C3)C[C@H]2C)CC1. The van der Waals surface area contributed by atoms with Crippen molar-refractivity contribution in [2.45, 2.75) is 91.3 Å². The molecule has 1 saturated heterocycles. The van der Waals surface area contributed by atoms with E-state index in [1.165, 1.54) is 58.2 Å². The van der Waals surface area contributed by atoms with Crippen molar-refractivity contribution in [1.29, 1.82) is 0 Å². The fourth-order valence-electron chi connectivity index (χ4n) is 5.45. The summed E-state index contributed by atoms with van der Waals surface area (Å²) < 4.78 is 0. The minimum atomic E-state index is 0.766. The first kappa shape index (κ1) is 17.7. The van der Waals surface area contributed by atoms with E-state index in [0.29, 0.717) is 0 Å². The molecule has 0 N–H and O–H groups in total. The summed E-state index contributed by atoms with van der Waals surface area (Å²) in [5.41, 5.74) is 0. The highest BCUT2D eigenvalue weighted by atomic mass is 15.3. The second kappa shape index (κ2) is 7.44. The van der Waals surface area contributed by atoms with Crippen molar-refractivity contribution in [3.05, 3.63) is 0 Å². The number of hydrogen-bond acceptors (Lipinski definition) is 2. The molecule has 0 bridgehead atoms. The molecule has 1 aliphatic heterocycles. The van der Waals surface area contributed by atoms with Gasteiger partial charge < -0.3 is 0 Å². The molecule has 3 fully saturated rings. The average Bonchev–Trinajstić information content (AvgIpc) is 2.45. The maximum absolute atomic E-state index is 2.87. The van der Waals surface area contributed by atoms with Crippen LogP contribution in [0.3, 0.4) is 0 Å². The molecule has 1 atom stereocenters. The van der Waals surface area contributed by atoms with Gasteiger partial charge in [0.25, 0.3) is 0 Å². The van der Waals surface area contributed by atoms with Crippen LogP contribution in [0.25, 0.3) is 0 Å². The largest absolute Gasteiger partial charge is 0.298 e. The van der Waals surface area contributed by atoms with Gasteiger partial charge >= 0.3 is 0 Å². The Bertz CT molecular complexity index is 364. The maximum atomic E-state index is 2.87. The lowest BCUT2D eigenvalue weighted by Crippen LogP contribution is -2.60. The first-order valence-corrected chi connectivity index (χ1v) is 10.5. The Labute approximate surface area is 145 Å². The van der Waals surface area contributed by atoms with Crippen molar-refractivity contribution in [1.82, 2.24) is 9.80 Å². The summed E-state index contributed by atoms with van der Waals surface area (Å²) >= 11 is 0. The molecule has 1 heterocycles. The smallest absolute Gasteiger partial charge is 0.0198 e. The van der Waals surface area contributed by atoms with Crippen LogP contribution in [0.2, 0.25) is 0 Å². The molecule has 0 amide bonds. The third-order valence-electron chi connectivity index (χ3n) is 7.47. The summed E-state index contributed by atoms with van der Waals surface area (Å²) in [6, 6.07) is 2.55. The highest BCUT2D eigenvalue weighted by molar-refractivity contribution is 4.94. The minimum Gasteiger partial charge on any atom is -0.298 e. The van der Waals surface area contributed by atoms with Crippen LogP contribution in [-0.2, 0) is 0 Å².